The van der Waals surface area contributed by atoms with Gasteiger partial charge in [0.05, 0.1) is 6.10 Å². The van der Waals surface area contributed by atoms with Gasteiger partial charge in [-0.05, 0) is 44.9 Å². The molecule has 0 aromatic carbocycles. The SMILES string of the molecule is CC(C)Oc1cc(NC2CCC(C)(C)CC2)ncn1. The second-order valence-corrected chi connectivity index (χ2v) is 6.49. The molecule has 0 saturated heterocycles. The fourth-order valence-corrected chi connectivity index (χ4v) is 2.48. The van der Waals surface area contributed by atoms with Crippen molar-refractivity contribution < 1.29 is 4.74 Å². The van der Waals surface area contributed by atoms with Gasteiger partial charge in [0.25, 0.3) is 0 Å². The molecule has 106 valence electrons. The van der Waals surface area contributed by atoms with E-state index < -0.39 is 0 Å². The summed E-state index contributed by atoms with van der Waals surface area (Å²) >= 11 is 0. The van der Waals surface area contributed by atoms with Crippen molar-refractivity contribution in [2.24, 2.45) is 5.41 Å². The zero-order valence-corrected chi connectivity index (χ0v) is 12.4. The third-order valence-electron chi connectivity index (χ3n) is 3.69. The van der Waals surface area contributed by atoms with Crippen molar-refractivity contribution >= 4 is 5.82 Å². The van der Waals surface area contributed by atoms with Gasteiger partial charge in [-0.2, -0.15) is 0 Å². The lowest BCUT2D eigenvalue weighted by Crippen LogP contribution is -2.30. The molecule has 1 aromatic rings. The van der Waals surface area contributed by atoms with E-state index in [1.165, 1.54) is 25.7 Å². The highest BCUT2D eigenvalue weighted by molar-refractivity contribution is 5.38. The van der Waals surface area contributed by atoms with Crippen molar-refractivity contribution in [3.05, 3.63) is 12.4 Å². The van der Waals surface area contributed by atoms with Crippen LogP contribution in [0.2, 0.25) is 0 Å². The number of rotatable bonds is 4. The van der Waals surface area contributed by atoms with Crippen LogP contribution in [0.3, 0.4) is 0 Å². The van der Waals surface area contributed by atoms with Crippen LogP contribution in [0.1, 0.15) is 53.4 Å². The van der Waals surface area contributed by atoms with Crippen LogP contribution in [-0.2, 0) is 0 Å². The zero-order valence-electron chi connectivity index (χ0n) is 12.4. The van der Waals surface area contributed by atoms with E-state index in [0.29, 0.717) is 17.3 Å². The van der Waals surface area contributed by atoms with Crippen molar-refractivity contribution in [3.63, 3.8) is 0 Å². The fraction of sp³-hybridized carbons (Fsp3) is 0.733. The smallest absolute Gasteiger partial charge is 0.218 e. The minimum atomic E-state index is 0.137. The summed E-state index contributed by atoms with van der Waals surface area (Å²) in [6, 6.07) is 2.41. The van der Waals surface area contributed by atoms with Gasteiger partial charge < -0.3 is 10.1 Å². The van der Waals surface area contributed by atoms with Crippen LogP contribution < -0.4 is 10.1 Å². The van der Waals surface area contributed by atoms with Crippen LogP contribution in [0, 0.1) is 5.41 Å². The molecule has 2 rings (SSSR count). The Bertz CT molecular complexity index is 408. The van der Waals surface area contributed by atoms with E-state index >= 15 is 0 Å². The summed E-state index contributed by atoms with van der Waals surface area (Å²) in [5.74, 6) is 1.51. The zero-order chi connectivity index (χ0) is 13.9. The number of hydrogen-bond donors (Lipinski definition) is 1. The molecule has 1 heterocycles. The number of ether oxygens (including phenoxy) is 1. The highest BCUT2D eigenvalue weighted by Gasteiger charge is 2.26. The molecule has 1 aromatic heterocycles. The molecule has 1 saturated carbocycles. The van der Waals surface area contributed by atoms with Crippen LogP contribution in [0.25, 0.3) is 0 Å². The standard InChI is InChI=1S/C15H25N3O/c1-11(2)19-14-9-13(16-10-17-14)18-12-5-7-15(3,4)8-6-12/h9-12H,5-8H2,1-4H3,(H,16,17,18). The Kier molecular flexibility index (Phi) is 4.27. The quantitative estimate of drug-likeness (QED) is 0.900. The monoisotopic (exact) mass is 263 g/mol. The molecule has 0 amide bonds. The first kappa shape index (κ1) is 14.1. The van der Waals surface area contributed by atoms with E-state index in [0.717, 1.165) is 5.82 Å². The molecule has 1 aliphatic rings. The molecule has 0 bridgehead atoms. The van der Waals surface area contributed by atoms with Gasteiger partial charge in [-0.15, -0.1) is 0 Å². The van der Waals surface area contributed by atoms with Gasteiger partial charge in [0.15, 0.2) is 0 Å². The fourth-order valence-electron chi connectivity index (χ4n) is 2.48. The maximum absolute atomic E-state index is 5.59. The predicted molar refractivity (Wildman–Crippen MR) is 77.5 cm³/mol. The average Bonchev–Trinajstić information content (AvgIpc) is 2.32. The Hall–Kier alpha value is -1.32. The van der Waals surface area contributed by atoms with E-state index in [4.69, 9.17) is 4.74 Å². The first-order valence-electron chi connectivity index (χ1n) is 7.20. The lowest BCUT2D eigenvalue weighted by atomic mass is 9.75. The van der Waals surface area contributed by atoms with Crippen LogP contribution >= 0.6 is 0 Å². The van der Waals surface area contributed by atoms with Gasteiger partial charge >= 0.3 is 0 Å². The second kappa shape index (κ2) is 5.76. The van der Waals surface area contributed by atoms with Gasteiger partial charge in [-0.25, -0.2) is 9.97 Å². The number of aromatic nitrogens is 2. The van der Waals surface area contributed by atoms with Gasteiger partial charge in [0.2, 0.25) is 5.88 Å². The van der Waals surface area contributed by atoms with Gasteiger partial charge in [-0.3, -0.25) is 0 Å². The first-order valence-corrected chi connectivity index (χ1v) is 7.20. The Morgan fingerprint density at radius 1 is 1.26 bits per heavy atom. The highest BCUT2D eigenvalue weighted by Crippen LogP contribution is 2.36. The summed E-state index contributed by atoms with van der Waals surface area (Å²) in [6.45, 7) is 8.70. The summed E-state index contributed by atoms with van der Waals surface area (Å²) in [7, 11) is 0. The van der Waals surface area contributed by atoms with Crippen molar-refractivity contribution in [3.8, 4) is 5.88 Å². The maximum atomic E-state index is 5.59. The Balaban J connectivity index is 1.92. The van der Waals surface area contributed by atoms with Crippen molar-refractivity contribution in [1.29, 1.82) is 0 Å². The van der Waals surface area contributed by atoms with E-state index in [1.54, 1.807) is 6.33 Å². The lowest BCUT2D eigenvalue weighted by molar-refractivity contribution is 0.230. The van der Waals surface area contributed by atoms with Crippen LogP contribution in [0.15, 0.2) is 12.4 Å². The molecule has 0 radical (unpaired) electrons. The van der Waals surface area contributed by atoms with Crippen molar-refractivity contribution in [1.82, 2.24) is 9.97 Å². The third-order valence-corrected chi connectivity index (χ3v) is 3.69. The summed E-state index contributed by atoms with van der Waals surface area (Å²) in [4.78, 5) is 8.40. The molecule has 4 heteroatoms. The molecule has 1 aliphatic carbocycles. The summed E-state index contributed by atoms with van der Waals surface area (Å²) in [5.41, 5.74) is 0.496. The highest BCUT2D eigenvalue weighted by atomic mass is 16.5. The number of anilines is 1. The third kappa shape index (κ3) is 4.37. The topological polar surface area (TPSA) is 47.0 Å². The molecule has 0 unspecified atom stereocenters. The van der Waals surface area contributed by atoms with E-state index in [2.05, 4.69) is 29.1 Å². The number of nitrogens with zero attached hydrogens (tertiary/aromatic N) is 2. The minimum absolute atomic E-state index is 0.137. The van der Waals surface area contributed by atoms with Crippen LogP contribution in [0.5, 0.6) is 5.88 Å². The summed E-state index contributed by atoms with van der Waals surface area (Å²) in [6.07, 6.45) is 6.65. The molecule has 1 fully saturated rings. The van der Waals surface area contributed by atoms with E-state index in [9.17, 15) is 0 Å². The molecular formula is C15H25N3O. The summed E-state index contributed by atoms with van der Waals surface area (Å²) in [5, 5.41) is 3.50. The largest absolute Gasteiger partial charge is 0.475 e. The Morgan fingerprint density at radius 3 is 2.58 bits per heavy atom. The molecule has 0 spiro atoms. The van der Waals surface area contributed by atoms with Gasteiger partial charge in [0, 0.05) is 12.1 Å². The molecule has 19 heavy (non-hydrogen) atoms. The summed E-state index contributed by atoms with van der Waals surface area (Å²) < 4.78 is 5.59. The minimum Gasteiger partial charge on any atom is -0.475 e. The number of hydrogen-bond acceptors (Lipinski definition) is 4. The first-order chi connectivity index (χ1) is 8.94. The molecule has 1 N–H and O–H groups in total. The normalized spacial score (nSPS) is 19.4. The molecular weight excluding hydrogens is 238 g/mol. The molecule has 4 nitrogen and oxygen atoms in total. The predicted octanol–water partition coefficient (Wildman–Crippen LogP) is 3.64. The maximum Gasteiger partial charge on any atom is 0.218 e. The van der Waals surface area contributed by atoms with Crippen molar-refractivity contribution in [2.45, 2.75) is 65.5 Å². The lowest BCUT2D eigenvalue weighted by Gasteiger charge is -2.34. The number of nitrogens with one attached hydrogen (secondary N) is 1. The van der Waals surface area contributed by atoms with Crippen LogP contribution in [0.4, 0.5) is 5.82 Å². The molecule has 0 atom stereocenters. The van der Waals surface area contributed by atoms with E-state index in [-0.39, 0.29) is 6.10 Å². The van der Waals surface area contributed by atoms with Gasteiger partial charge in [0.1, 0.15) is 12.1 Å². The second-order valence-electron chi connectivity index (χ2n) is 6.49. The van der Waals surface area contributed by atoms with Crippen LogP contribution in [-0.4, -0.2) is 22.1 Å². The van der Waals surface area contributed by atoms with Crippen molar-refractivity contribution in [2.75, 3.05) is 5.32 Å². The average molecular weight is 263 g/mol. The molecule has 0 aliphatic heterocycles. The Morgan fingerprint density at radius 2 is 1.95 bits per heavy atom. The van der Waals surface area contributed by atoms with Gasteiger partial charge in [-0.1, -0.05) is 13.8 Å². The Labute approximate surface area is 116 Å². The van der Waals surface area contributed by atoms with E-state index in [1.807, 2.05) is 19.9 Å².